The molecule has 1 heterocycles. The molecule has 8 nitrogen and oxygen atoms in total. The number of rotatable bonds is 6. The molecule has 0 aromatic heterocycles. The molecule has 3 aromatic rings. The van der Waals surface area contributed by atoms with Crippen molar-refractivity contribution in [1.29, 1.82) is 0 Å². The first kappa shape index (κ1) is 24.0. The normalized spacial score (nSPS) is 14.7. The Bertz CT molecular complexity index is 1390. The summed E-state index contributed by atoms with van der Waals surface area (Å²) in [5.41, 5.74) is 0.413. The quantitative estimate of drug-likeness (QED) is 0.168. The van der Waals surface area contributed by atoms with E-state index >= 15 is 0 Å². The van der Waals surface area contributed by atoms with Gasteiger partial charge in [-0.05, 0) is 66.3 Å². The molecule has 0 spiro atoms. The maximum absolute atomic E-state index is 13.5. The number of nitrogens with zero attached hydrogens (tertiary/aromatic N) is 2. The summed E-state index contributed by atoms with van der Waals surface area (Å²) >= 11 is 11.1. The third-order valence-corrected chi connectivity index (χ3v) is 5.51. The fraction of sp³-hybridized carbons (Fsp3) is 0.0417. The van der Waals surface area contributed by atoms with Gasteiger partial charge in [0, 0.05) is 22.7 Å². The molecule has 176 valence electrons. The number of amides is 2. The number of benzene rings is 3. The highest BCUT2D eigenvalue weighted by molar-refractivity contribution is 7.80. The first-order valence-electron chi connectivity index (χ1n) is 10.1. The molecule has 0 saturated carbocycles. The Kier molecular flexibility index (Phi) is 6.85. The molecule has 0 radical (unpaired) electrons. The van der Waals surface area contributed by atoms with Crippen LogP contribution in [0.2, 0.25) is 5.02 Å². The standard InChI is InChI=1S/C24H15ClFN3O5S/c25-16-4-6-18(7-5-16)28-23(31)20(22(30)27-24(28)35)12-15-11-19(29(32)33)8-9-21(15)34-13-14-2-1-3-17(26)10-14/h1-12H,13H2,(H,27,30,35). The first-order valence-corrected chi connectivity index (χ1v) is 10.8. The first-order chi connectivity index (χ1) is 16.7. The monoisotopic (exact) mass is 511 g/mol. The summed E-state index contributed by atoms with van der Waals surface area (Å²) in [6.07, 6.45) is 1.19. The summed E-state index contributed by atoms with van der Waals surface area (Å²) in [6.45, 7) is -0.0487. The van der Waals surface area contributed by atoms with Crippen LogP contribution in [0.5, 0.6) is 5.75 Å². The van der Waals surface area contributed by atoms with Gasteiger partial charge in [0.25, 0.3) is 17.5 Å². The van der Waals surface area contributed by atoms with E-state index in [2.05, 4.69) is 5.32 Å². The van der Waals surface area contributed by atoms with E-state index in [-0.39, 0.29) is 34.3 Å². The van der Waals surface area contributed by atoms with Crippen LogP contribution in [-0.2, 0) is 16.2 Å². The number of carbonyl (C=O) groups excluding carboxylic acids is 2. The smallest absolute Gasteiger partial charge is 0.270 e. The van der Waals surface area contributed by atoms with E-state index in [4.69, 9.17) is 28.6 Å². The average molecular weight is 512 g/mol. The average Bonchev–Trinajstić information content (AvgIpc) is 2.82. The largest absolute Gasteiger partial charge is 0.488 e. The van der Waals surface area contributed by atoms with E-state index in [1.165, 1.54) is 42.5 Å². The topological polar surface area (TPSA) is 102 Å². The van der Waals surface area contributed by atoms with Gasteiger partial charge in [-0.25, -0.2) is 4.39 Å². The zero-order valence-corrected chi connectivity index (χ0v) is 19.3. The van der Waals surface area contributed by atoms with Crippen molar-refractivity contribution in [3.63, 3.8) is 0 Å². The Labute approximate surface area is 208 Å². The minimum Gasteiger partial charge on any atom is -0.488 e. The van der Waals surface area contributed by atoms with Crippen LogP contribution in [0.3, 0.4) is 0 Å². The Morgan fingerprint density at radius 3 is 2.54 bits per heavy atom. The van der Waals surface area contributed by atoms with E-state index in [1.54, 1.807) is 30.3 Å². The van der Waals surface area contributed by atoms with Crippen LogP contribution in [0.1, 0.15) is 11.1 Å². The molecule has 4 rings (SSSR count). The maximum Gasteiger partial charge on any atom is 0.270 e. The Balaban J connectivity index is 1.72. The highest BCUT2D eigenvalue weighted by atomic mass is 35.5. The molecule has 1 N–H and O–H groups in total. The van der Waals surface area contributed by atoms with Crippen molar-refractivity contribution in [3.8, 4) is 5.75 Å². The van der Waals surface area contributed by atoms with Gasteiger partial charge in [-0.15, -0.1) is 0 Å². The number of nitro groups is 1. The summed E-state index contributed by atoms with van der Waals surface area (Å²) in [6, 6.07) is 15.7. The Morgan fingerprint density at radius 2 is 1.86 bits per heavy atom. The van der Waals surface area contributed by atoms with Crippen molar-refractivity contribution in [2.45, 2.75) is 6.61 Å². The van der Waals surface area contributed by atoms with Gasteiger partial charge in [0.2, 0.25) is 0 Å². The van der Waals surface area contributed by atoms with Gasteiger partial charge in [-0.1, -0.05) is 23.7 Å². The lowest BCUT2D eigenvalue weighted by Gasteiger charge is -2.29. The summed E-state index contributed by atoms with van der Waals surface area (Å²) in [4.78, 5) is 37.7. The number of thiocarbonyl (C=S) groups is 1. The van der Waals surface area contributed by atoms with Gasteiger partial charge in [0.05, 0.1) is 10.6 Å². The Hall–Kier alpha value is -4.15. The van der Waals surface area contributed by atoms with Gasteiger partial charge in [-0.2, -0.15) is 0 Å². The maximum atomic E-state index is 13.5. The zero-order valence-electron chi connectivity index (χ0n) is 17.7. The lowest BCUT2D eigenvalue weighted by atomic mass is 10.1. The van der Waals surface area contributed by atoms with Gasteiger partial charge in [0.15, 0.2) is 5.11 Å². The van der Waals surface area contributed by atoms with E-state index in [0.29, 0.717) is 16.3 Å². The van der Waals surface area contributed by atoms with Crippen LogP contribution in [0.15, 0.2) is 72.3 Å². The molecule has 2 amide bonds. The number of carbonyl (C=O) groups is 2. The minimum atomic E-state index is -0.771. The van der Waals surface area contributed by atoms with Gasteiger partial charge in [-0.3, -0.25) is 29.9 Å². The molecule has 0 unspecified atom stereocenters. The predicted molar refractivity (Wildman–Crippen MR) is 131 cm³/mol. The SMILES string of the molecule is O=C1NC(=S)N(c2ccc(Cl)cc2)C(=O)C1=Cc1cc([N+](=O)[O-])ccc1OCc1cccc(F)c1. The molecular formula is C24H15ClFN3O5S. The van der Waals surface area contributed by atoms with Gasteiger partial charge in [0.1, 0.15) is 23.7 Å². The molecule has 35 heavy (non-hydrogen) atoms. The second-order valence-electron chi connectivity index (χ2n) is 7.33. The van der Waals surface area contributed by atoms with Crippen molar-refractivity contribution >= 4 is 58.2 Å². The van der Waals surface area contributed by atoms with E-state index < -0.39 is 22.6 Å². The fourth-order valence-electron chi connectivity index (χ4n) is 3.32. The summed E-state index contributed by atoms with van der Waals surface area (Å²) in [5, 5.41) is 14.1. The van der Waals surface area contributed by atoms with Crippen LogP contribution in [-0.4, -0.2) is 21.9 Å². The lowest BCUT2D eigenvalue weighted by Crippen LogP contribution is -2.54. The third kappa shape index (κ3) is 5.34. The van der Waals surface area contributed by atoms with E-state index in [1.807, 2.05) is 0 Å². The molecule has 1 aliphatic rings. The number of hydrogen-bond donors (Lipinski definition) is 1. The van der Waals surface area contributed by atoms with Crippen molar-refractivity contribution in [3.05, 3.63) is 104 Å². The minimum absolute atomic E-state index is 0.0487. The highest BCUT2D eigenvalue weighted by Gasteiger charge is 2.34. The molecule has 1 aliphatic heterocycles. The summed E-state index contributed by atoms with van der Waals surface area (Å²) < 4.78 is 19.2. The molecule has 0 bridgehead atoms. The number of anilines is 1. The summed E-state index contributed by atoms with van der Waals surface area (Å²) in [5.74, 6) is -1.80. The van der Waals surface area contributed by atoms with Crippen molar-refractivity contribution in [2.24, 2.45) is 0 Å². The van der Waals surface area contributed by atoms with E-state index in [9.17, 15) is 24.1 Å². The molecule has 11 heteroatoms. The third-order valence-electron chi connectivity index (χ3n) is 4.97. The van der Waals surface area contributed by atoms with Crippen LogP contribution >= 0.6 is 23.8 Å². The van der Waals surface area contributed by atoms with Crippen LogP contribution < -0.4 is 15.0 Å². The van der Waals surface area contributed by atoms with Crippen LogP contribution in [0.25, 0.3) is 6.08 Å². The van der Waals surface area contributed by atoms with Crippen molar-refractivity contribution < 1.29 is 23.6 Å². The predicted octanol–water partition coefficient (Wildman–Crippen LogP) is 4.80. The highest BCUT2D eigenvalue weighted by Crippen LogP contribution is 2.29. The van der Waals surface area contributed by atoms with E-state index in [0.717, 1.165) is 4.90 Å². The number of nitro benzene ring substituents is 1. The number of halogens is 2. The van der Waals surface area contributed by atoms with Crippen molar-refractivity contribution in [2.75, 3.05) is 4.90 Å². The second-order valence-corrected chi connectivity index (χ2v) is 8.16. The number of nitrogens with one attached hydrogen (secondary N) is 1. The zero-order chi connectivity index (χ0) is 25.1. The van der Waals surface area contributed by atoms with Gasteiger partial charge >= 0.3 is 0 Å². The molecule has 0 aliphatic carbocycles. The number of hydrogen-bond acceptors (Lipinski definition) is 6. The fourth-order valence-corrected chi connectivity index (χ4v) is 3.73. The lowest BCUT2D eigenvalue weighted by molar-refractivity contribution is -0.384. The van der Waals surface area contributed by atoms with Crippen molar-refractivity contribution in [1.82, 2.24) is 5.32 Å². The molecule has 1 fully saturated rings. The second kappa shape index (κ2) is 10.00. The van der Waals surface area contributed by atoms with Crippen LogP contribution in [0, 0.1) is 15.9 Å². The molecular weight excluding hydrogens is 497 g/mol. The number of non-ortho nitro benzene ring substituents is 1. The Morgan fingerprint density at radius 1 is 1.11 bits per heavy atom. The van der Waals surface area contributed by atoms with Gasteiger partial charge < -0.3 is 4.74 Å². The molecule has 1 saturated heterocycles. The summed E-state index contributed by atoms with van der Waals surface area (Å²) in [7, 11) is 0. The van der Waals surface area contributed by atoms with Crippen LogP contribution in [0.4, 0.5) is 15.8 Å². The molecule has 3 aromatic carbocycles. The molecule has 0 atom stereocenters. The number of ether oxygens (including phenoxy) is 1.